The molecule has 1 N–H and O–H groups in total. The fourth-order valence-electron chi connectivity index (χ4n) is 17.3. The first-order valence-corrected chi connectivity index (χ1v) is 25.4. The van der Waals surface area contributed by atoms with Crippen LogP contribution in [0.3, 0.4) is 0 Å². The van der Waals surface area contributed by atoms with Crippen LogP contribution < -0.4 is 0 Å². The maximum Gasteiger partial charge on any atom is 0.311 e. The first-order chi connectivity index (χ1) is 30.2. The van der Waals surface area contributed by atoms with Crippen LogP contribution in [-0.4, -0.2) is 70.9 Å². The number of aliphatic carboxylic acids is 1. The Morgan fingerprint density at radius 1 is 0.609 bits per heavy atom. The fourth-order valence-corrected chi connectivity index (χ4v) is 17.3. The average Bonchev–Trinajstić information content (AvgIpc) is 4.05. The molecule has 0 spiro atoms. The minimum absolute atomic E-state index is 0. The van der Waals surface area contributed by atoms with Crippen LogP contribution in [0.2, 0.25) is 0 Å². The molecule has 12 nitrogen and oxygen atoms in total. The number of hydrogen-bond donors (Lipinski definition) is 1. The molecule has 0 aromatic rings. The summed E-state index contributed by atoms with van der Waals surface area (Å²) < 4.78 is 29.7. The van der Waals surface area contributed by atoms with E-state index in [4.69, 9.17) is 33.6 Å². The van der Waals surface area contributed by atoms with Gasteiger partial charge in [-0.15, -0.1) is 0 Å². The first-order valence-electron chi connectivity index (χ1n) is 25.4. The van der Waals surface area contributed by atoms with E-state index in [-0.39, 0.29) is 115 Å². The van der Waals surface area contributed by atoms with Crippen LogP contribution in [0.15, 0.2) is 0 Å². The maximum absolute atomic E-state index is 14.5. The molecular weight excluding hydrogens is 877 g/mol. The van der Waals surface area contributed by atoms with E-state index in [1.807, 2.05) is 41.5 Å². The monoisotopic (exact) mass is 973 g/mol. The third-order valence-electron chi connectivity index (χ3n) is 19.0. The van der Waals surface area contributed by atoms with Gasteiger partial charge in [-0.2, -0.15) is 0 Å². The Balaban J connectivity index is 0.000000548. The van der Waals surface area contributed by atoms with Gasteiger partial charge in [-0.05, 0) is 202 Å². The highest BCUT2D eigenvalue weighted by Gasteiger charge is 2.66. The van der Waals surface area contributed by atoms with Crippen molar-refractivity contribution in [3.8, 4) is 0 Å². The highest BCUT2D eigenvalue weighted by Crippen LogP contribution is 2.69. The van der Waals surface area contributed by atoms with Gasteiger partial charge in [0.25, 0.3) is 5.97 Å². The number of carbonyl (C=O) groups excluding carboxylic acids is 5. The summed E-state index contributed by atoms with van der Waals surface area (Å²) in [5.74, 6) is 6.09. The number of carboxylic acid groups (broad SMARTS) is 1. The van der Waals surface area contributed by atoms with Gasteiger partial charge in [0.1, 0.15) is 30.0 Å². The zero-order chi connectivity index (χ0) is 45.7. The van der Waals surface area contributed by atoms with E-state index in [2.05, 4.69) is 0 Å². The van der Waals surface area contributed by atoms with Gasteiger partial charge in [-0.1, -0.05) is 44.1 Å². The quantitative estimate of drug-likeness (QED) is 0.118. The summed E-state index contributed by atoms with van der Waals surface area (Å²) in [5, 5.41) is 7.42. The van der Waals surface area contributed by atoms with Crippen LogP contribution in [0.1, 0.15) is 189 Å². The molecule has 1 heterocycles. The normalized spacial score (nSPS) is 40.5. The Bertz CT molecular complexity index is 1850. The van der Waals surface area contributed by atoms with Gasteiger partial charge in [0.2, 0.25) is 0 Å². The summed E-state index contributed by atoms with van der Waals surface area (Å²) in [7, 11) is 0. The number of esters is 5. The molecule has 10 saturated carbocycles. The molecule has 11 rings (SSSR count). The van der Waals surface area contributed by atoms with Crippen LogP contribution in [0.25, 0.3) is 0 Å². The Hall–Kier alpha value is -3.18. The molecule has 21 atom stereocenters. The zero-order valence-electron chi connectivity index (χ0n) is 39.7. The summed E-state index contributed by atoms with van der Waals surface area (Å²) in [6.07, 6.45) is 14.5. The standard InChI is InChI=1S/C44H60O8.C6H12O2.C2H4O2.5CH4/c1-4-19(40(45)51-38-26-14-28-29(15-26)42(47)52-39(28)38)9-27(41(46)49-32-16-24-12-30(32)36-22-7-5-20(10-22)34(24)36)18-44(2,3)43(48)50-33-17-25-13-31(33)37-23-8-6-21(11-23)35(25)37;1-5(7)8-6(2,3)4;1-2(3)4;;;;;/h19-39H,4-18H2,1-3H3;1-4H3;1H3,(H,3,4);5*1H4. The highest BCUT2D eigenvalue weighted by atomic mass is 16.6. The minimum Gasteiger partial charge on any atom is -0.481 e. The Kier molecular flexibility index (Phi) is 18.5. The third-order valence-corrected chi connectivity index (χ3v) is 19.0. The van der Waals surface area contributed by atoms with Gasteiger partial charge in [0.05, 0.1) is 23.2 Å². The SMILES string of the molecule is C.C.C.C.C.CC(=O)O.CC(=O)OC(C)(C)C.CCC(CC(CC(C)(C)C(=O)OC1CC2CC1C1C3CCC(C3)C21)C(=O)OC1CC2CC1C1C3CCC(C3)C21)C(=O)OC1C2CC3C(=O)OC1C3C2. The van der Waals surface area contributed by atoms with Gasteiger partial charge in [0.15, 0.2) is 0 Å². The number of rotatable bonds is 11. The van der Waals surface area contributed by atoms with E-state index >= 15 is 0 Å². The second kappa shape index (κ2) is 21.9. The van der Waals surface area contributed by atoms with Crippen LogP contribution in [-0.2, 0) is 52.5 Å². The van der Waals surface area contributed by atoms with Gasteiger partial charge >= 0.3 is 29.8 Å². The summed E-state index contributed by atoms with van der Waals surface area (Å²) >= 11 is 0. The molecule has 0 radical (unpaired) electrons. The van der Waals surface area contributed by atoms with Crippen molar-refractivity contribution < 1.29 is 57.6 Å². The summed E-state index contributed by atoms with van der Waals surface area (Å²) in [6, 6.07) is 0. The molecule has 1 aliphatic heterocycles. The van der Waals surface area contributed by atoms with E-state index < -0.39 is 29.3 Å². The highest BCUT2D eigenvalue weighted by molar-refractivity contribution is 5.80. The molecule has 11 aliphatic rings. The second-order valence-corrected chi connectivity index (χ2v) is 24.3. The smallest absolute Gasteiger partial charge is 0.311 e. The van der Waals surface area contributed by atoms with Gasteiger partial charge in [0, 0.05) is 25.7 Å². The Labute approximate surface area is 416 Å². The van der Waals surface area contributed by atoms with Crippen LogP contribution in [0, 0.1) is 106 Å². The minimum atomic E-state index is -0.899. The molecule has 396 valence electrons. The van der Waals surface area contributed by atoms with Crippen LogP contribution >= 0.6 is 0 Å². The maximum atomic E-state index is 14.5. The van der Waals surface area contributed by atoms with Crippen molar-refractivity contribution >= 4 is 35.8 Å². The van der Waals surface area contributed by atoms with E-state index in [0.29, 0.717) is 42.4 Å². The van der Waals surface area contributed by atoms with Crippen molar-refractivity contribution in [3.05, 3.63) is 0 Å². The Morgan fingerprint density at radius 2 is 1.07 bits per heavy atom. The first kappa shape index (κ1) is 58.4. The third kappa shape index (κ3) is 11.0. The molecule has 21 unspecified atom stereocenters. The number of carbonyl (C=O) groups is 6. The lowest BCUT2D eigenvalue weighted by Crippen LogP contribution is -2.42. The molecule has 0 amide bonds. The number of hydrogen-bond acceptors (Lipinski definition) is 11. The molecule has 10 aliphatic carbocycles. The van der Waals surface area contributed by atoms with Crippen LogP contribution in [0.5, 0.6) is 0 Å². The summed E-state index contributed by atoms with van der Waals surface area (Å²) in [6.45, 7) is 13.9. The molecule has 1 saturated heterocycles. The van der Waals surface area contributed by atoms with E-state index in [9.17, 15) is 24.0 Å². The number of ether oxygens (including phenoxy) is 5. The lowest BCUT2D eigenvalue weighted by atomic mass is 9.70. The van der Waals surface area contributed by atoms with Gasteiger partial charge < -0.3 is 28.8 Å². The number of carboxylic acids is 1. The van der Waals surface area contributed by atoms with Crippen LogP contribution in [0.4, 0.5) is 0 Å². The Morgan fingerprint density at radius 3 is 1.54 bits per heavy atom. The van der Waals surface area contributed by atoms with Crippen molar-refractivity contribution in [2.45, 2.75) is 219 Å². The fraction of sp³-hybridized carbons (Fsp3) is 0.895. The topological polar surface area (TPSA) is 169 Å². The molecule has 69 heavy (non-hydrogen) atoms. The van der Waals surface area contributed by atoms with Crippen molar-refractivity contribution in [1.29, 1.82) is 0 Å². The predicted molar refractivity (Wildman–Crippen MR) is 266 cm³/mol. The van der Waals surface area contributed by atoms with E-state index in [1.54, 1.807) is 0 Å². The molecule has 12 heteroatoms. The van der Waals surface area contributed by atoms with Gasteiger partial charge in [-0.25, -0.2) is 0 Å². The molecule has 0 aromatic heterocycles. The van der Waals surface area contributed by atoms with Gasteiger partial charge in [-0.3, -0.25) is 28.8 Å². The second-order valence-electron chi connectivity index (χ2n) is 24.3. The summed E-state index contributed by atoms with van der Waals surface area (Å²) in [5.41, 5.74) is -1.23. The molecular formula is C57H96O12. The van der Waals surface area contributed by atoms with E-state index in [1.165, 1.54) is 58.3 Å². The van der Waals surface area contributed by atoms with Crippen molar-refractivity contribution in [1.82, 2.24) is 0 Å². The number of fused-ring (bicyclic) bond motifs is 19. The molecule has 11 fully saturated rings. The largest absolute Gasteiger partial charge is 0.481 e. The van der Waals surface area contributed by atoms with Crippen molar-refractivity contribution in [2.75, 3.05) is 0 Å². The zero-order valence-corrected chi connectivity index (χ0v) is 39.7. The molecule has 10 bridgehead atoms. The van der Waals surface area contributed by atoms with Crippen molar-refractivity contribution in [3.63, 3.8) is 0 Å². The summed E-state index contributed by atoms with van der Waals surface area (Å²) in [4.78, 5) is 74.1. The lowest BCUT2D eigenvalue weighted by molar-refractivity contribution is -0.171. The lowest BCUT2D eigenvalue weighted by Gasteiger charge is -2.40. The van der Waals surface area contributed by atoms with Crippen molar-refractivity contribution in [2.24, 2.45) is 106 Å². The average molecular weight is 973 g/mol. The predicted octanol–water partition coefficient (Wildman–Crippen LogP) is 11.8. The van der Waals surface area contributed by atoms with E-state index in [0.717, 1.165) is 74.0 Å². The molecule has 0 aromatic carbocycles.